The topological polar surface area (TPSA) is 30.7 Å². The van der Waals surface area contributed by atoms with Crippen molar-refractivity contribution in [3.63, 3.8) is 0 Å². The zero-order chi connectivity index (χ0) is 10.6. The van der Waals surface area contributed by atoms with Crippen LogP contribution in [0, 0.1) is 5.92 Å². The average Bonchev–Trinajstić information content (AvgIpc) is 2.50. The molecule has 1 rings (SSSR count). The number of aromatic nitrogens is 3. The summed E-state index contributed by atoms with van der Waals surface area (Å²) in [5.41, 5.74) is 0. The van der Waals surface area contributed by atoms with Gasteiger partial charge < -0.3 is 4.57 Å². The van der Waals surface area contributed by atoms with Crippen LogP contribution in [0.4, 0.5) is 0 Å². The number of aryl methyl sites for hydroxylation is 1. The smallest absolute Gasteiger partial charge is 0.225 e. The highest BCUT2D eigenvalue weighted by Crippen LogP contribution is 2.14. The van der Waals surface area contributed by atoms with Crippen LogP contribution >= 0.6 is 11.6 Å². The fourth-order valence-electron chi connectivity index (χ4n) is 1.34. The van der Waals surface area contributed by atoms with Crippen LogP contribution in [0.3, 0.4) is 0 Å². The van der Waals surface area contributed by atoms with E-state index in [1.807, 2.05) is 4.57 Å². The van der Waals surface area contributed by atoms with E-state index in [0.717, 1.165) is 31.6 Å². The Kier molecular flexibility index (Phi) is 4.39. The lowest BCUT2D eigenvalue weighted by molar-refractivity contribution is 0.457. The van der Waals surface area contributed by atoms with E-state index < -0.39 is 0 Å². The van der Waals surface area contributed by atoms with Gasteiger partial charge in [-0.2, -0.15) is 0 Å². The summed E-state index contributed by atoms with van der Waals surface area (Å²) < 4.78 is 2.03. The molecule has 0 saturated carbocycles. The molecule has 1 aromatic heterocycles. The van der Waals surface area contributed by atoms with Crippen LogP contribution in [-0.2, 0) is 13.0 Å². The van der Waals surface area contributed by atoms with Gasteiger partial charge in [0.25, 0.3) is 0 Å². The van der Waals surface area contributed by atoms with Gasteiger partial charge in [0, 0.05) is 13.0 Å². The summed E-state index contributed by atoms with van der Waals surface area (Å²) in [6.45, 7) is 7.46. The van der Waals surface area contributed by atoms with Gasteiger partial charge in [0.1, 0.15) is 5.82 Å². The molecule has 80 valence electrons. The molecule has 1 atom stereocenters. The molecule has 3 nitrogen and oxygen atoms in total. The lowest BCUT2D eigenvalue weighted by atomic mass is 10.1. The first-order chi connectivity index (χ1) is 6.69. The first-order valence-electron chi connectivity index (χ1n) is 5.26. The van der Waals surface area contributed by atoms with Gasteiger partial charge in [0.2, 0.25) is 5.28 Å². The molecule has 1 aromatic rings. The molecular formula is C10H18ClN3. The maximum absolute atomic E-state index is 5.97. The minimum absolute atomic E-state index is 0.522. The molecule has 0 aliphatic carbocycles. The fraction of sp³-hybridized carbons (Fsp3) is 0.800. The highest BCUT2D eigenvalue weighted by molar-refractivity contribution is 6.28. The van der Waals surface area contributed by atoms with Crippen LogP contribution in [0.15, 0.2) is 0 Å². The van der Waals surface area contributed by atoms with Crippen LogP contribution in [0.1, 0.15) is 39.4 Å². The molecule has 4 heteroatoms. The van der Waals surface area contributed by atoms with E-state index in [-0.39, 0.29) is 0 Å². The highest BCUT2D eigenvalue weighted by atomic mass is 35.5. The average molecular weight is 216 g/mol. The molecule has 0 N–H and O–H groups in total. The first kappa shape index (κ1) is 11.5. The number of hydrogen-bond acceptors (Lipinski definition) is 2. The van der Waals surface area contributed by atoms with Crippen molar-refractivity contribution in [2.24, 2.45) is 5.92 Å². The number of nitrogens with zero attached hydrogens (tertiary/aromatic N) is 3. The Balaban J connectivity index is 2.76. The Morgan fingerprint density at radius 3 is 2.64 bits per heavy atom. The number of rotatable bonds is 5. The Morgan fingerprint density at radius 1 is 1.36 bits per heavy atom. The summed E-state index contributed by atoms with van der Waals surface area (Å²) in [6, 6.07) is 0. The third-order valence-corrected chi connectivity index (χ3v) is 2.73. The molecule has 0 amide bonds. The number of halogens is 1. The lowest BCUT2D eigenvalue weighted by Crippen LogP contribution is -2.10. The maximum Gasteiger partial charge on any atom is 0.225 e. The van der Waals surface area contributed by atoms with Gasteiger partial charge in [0.05, 0.1) is 0 Å². The van der Waals surface area contributed by atoms with Crippen molar-refractivity contribution in [3.05, 3.63) is 11.1 Å². The predicted molar refractivity (Wildman–Crippen MR) is 58.5 cm³/mol. The van der Waals surface area contributed by atoms with Crippen molar-refractivity contribution in [2.75, 3.05) is 0 Å². The van der Waals surface area contributed by atoms with Crippen molar-refractivity contribution < 1.29 is 0 Å². The molecule has 0 aliphatic heterocycles. The van der Waals surface area contributed by atoms with Gasteiger partial charge >= 0.3 is 0 Å². The molecule has 0 spiro atoms. The Bertz CT molecular complexity index is 283. The fourth-order valence-corrected chi connectivity index (χ4v) is 1.55. The minimum atomic E-state index is 0.522. The van der Waals surface area contributed by atoms with Crippen molar-refractivity contribution >= 4 is 11.6 Å². The van der Waals surface area contributed by atoms with Gasteiger partial charge in [-0.25, -0.2) is 0 Å². The van der Waals surface area contributed by atoms with E-state index in [1.165, 1.54) is 0 Å². The summed E-state index contributed by atoms with van der Waals surface area (Å²) in [6.07, 6.45) is 3.19. The van der Waals surface area contributed by atoms with Crippen LogP contribution in [0.25, 0.3) is 0 Å². The van der Waals surface area contributed by atoms with E-state index >= 15 is 0 Å². The quantitative estimate of drug-likeness (QED) is 0.756. The Labute approximate surface area is 90.5 Å². The van der Waals surface area contributed by atoms with Gasteiger partial charge in [-0.3, -0.25) is 0 Å². The Hall–Kier alpha value is -0.570. The zero-order valence-electron chi connectivity index (χ0n) is 9.13. The second-order valence-electron chi connectivity index (χ2n) is 3.76. The third kappa shape index (κ3) is 2.71. The first-order valence-corrected chi connectivity index (χ1v) is 5.64. The normalized spacial score (nSPS) is 13.1. The van der Waals surface area contributed by atoms with Gasteiger partial charge in [-0.1, -0.05) is 27.2 Å². The van der Waals surface area contributed by atoms with Gasteiger partial charge in [0.15, 0.2) is 0 Å². The molecular weight excluding hydrogens is 198 g/mol. The minimum Gasteiger partial charge on any atom is -0.302 e. The maximum atomic E-state index is 5.97. The summed E-state index contributed by atoms with van der Waals surface area (Å²) >= 11 is 5.97. The molecule has 0 aliphatic rings. The van der Waals surface area contributed by atoms with Crippen LogP contribution < -0.4 is 0 Å². The summed E-state index contributed by atoms with van der Waals surface area (Å²) in [5, 5.41) is 8.50. The summed E-state index contributed by atoms with van der Waals surface area (Å²) in [4.78, 5) is 0. The molecule has 14 heavy (non-hydrogen) atoms. The highest BCUT2D eigenvalue weighted by Gasteiger charge is 2.11. The SMILES string of the molecule is CCCc1nnc(Cl)n1CC(C)CC. The molecule has 0 fully saturated rings. The lowest BCUT2D eigenvalue weighted by Gasteiger charge is -2.11. The predicted octanol–water partition coefficient (Wildman–Crippen LogP) is 2.93. The molecule has 0 saturated heterocycles. The monoisotopic (exact) mass is 215 g/mol. The van der Waals surface area contributed by atoms with Crippen LogP contribution in [0.5, 0.6) is 0 Å². The van der Waals surface area contributed by atoms with Gasteiger partial charge in [-0.15, -0.1) is 10.2 Å². The third-order valence-electron chi connectivity index (χ3n) is 2.45. The molecule has 0 bridgehead atoms. The summed E-state index contributed by atoms with van der Waals surface area (Å²) in [5.74, 6) is 1.64. The van der Waals surface area contributed by atoms with Crippen molar-refractivity contribution in [1.29, 1.82) is 0 Å². The molecule has 1 unspecified atom stereocenters. The molecule has 0 aromatic carbocycles. The second-order valence-corrected chi connectivity index (χ2v) is 4.10. The zero-order valence-corrected chi connectivity index (χ0v) is 9.88. The van der Waals surface area contributed by atoms with Crippen molar-refractivity contribution in [1.82, 2.24) is 14.8 Å². The van der Waals surface area contributed by atoms with E-state index in [9.17, 15) is 0 Å². The largest absolute Gasteiger partial charge is 0.302 e. The van der Waals surface area contributed by atoms with E-state index in [2.05, 4.69) is 31.0 Å². The Morgan fingerprint density at radius 2 is 2.07 bits per heavy atom. The van der Waals surface area contributed by atoms with Crippen molar-refractivity contribution in [3.8, 4) is 0 Å². The van der Waals surface area contributed by atoms with Crippen LogP contribution in [-0.4, -0.2) is 14.8 Å². The van der Waals surface area contributed by atoms with Gasteiger partial charge in [-0.05, 0) is 23.9 Å². The number of hydrogen-bond donors (Lipinski definition) is 0. The van der Waals surface area contributed by atoms with E-state index in [4.69, 9.17) is 11.6 Å². The standard InChI is InChI=1S/C10H18ClN3/c1-4-6-9-12-13-10(11)14(9)7-8(3)5-2/h8H,4-7H2,1-3H3. The van der Waals surface area contributed by atoms with E-state index in [1.54, 1.807) is 0 Å². The molecule has 0 radical (unpaired) electrons. The summed E-state index contributed by atoms with van der Waals surface area (Å²) in [7, 11) is 0. The van der Waals surface area contributed by atoms with Crippen molar-refractivity contribution in [2.45, 2.75) is 46.6 Å². The van der Waals surface area contributed by atoms with Crippen LogP contribution in [0.2, 0.25) is 5.28 Å². The second kappa shape index (κ2) is 5.35. The van der Waals surface area contributed by atoms with E-state index in [0.29, 0.717) is 11.2 Å². The molecule has 1 heterocycles.